The molecule has 0 saturated carbocycles. The molecule has 51 heavy (non-hydrogen) atoms. The lowest BCUT2D eigenvalue weighted by Crippen LogP contribution is -1.91. The van der Waals surface area contributed by atoms with E-state index in [2.05, 4.69) is 42.5 Å². The zero-order chi connectivity index (χ0) is 40.4. The first kappa shape index (κ1) is 21.4. The second-order valence-corrected chi connectivity index (χ2v) is 13.0. The van der Waals surface area contributed by atoms with Gasteiger partial charge >= 0.3 is 0 Å². The van der Waals surface area contributed by atoms with Gasteiger partial charge in [-0.15, -0.1) is 0 Å². The lowest BCUT2D eigenvalue weighted by molar-refractivity contribution is 0.669. The molecule has 0 radical (unpaired) electrons. The van der Waals surface area contributed by atoms with E-state index in [0.29, 0.717) is 38.8 Å². The van der Waals surface area contributed by atoms with Crippen molar-refractivity contribution in [3.8, 4) is 33.4 Å². The van der Waals surface area contributed by atoms with Gasteiger partial charge in [0, 0.05) is 10.8 Å². The van der Waals surface area contributed by atoms with Crippen LogP contribution in [0.4, 0.5) is 0 Å². The Labute approximate surface area is 305 Å². The van der Waals surface area contributed by atoms with Gasteiger partial charge in [0.1, 0.15) is 11.2 Å². The van der Waals surface area contributed by atoms with Crippen molar-refractivity contribution in [1.82, 2.24) is 0 Å². The molecule has 0 aliphatic rings. The molecule has 0 amide bonds. The van der Waals surface area contributed by atoms with Crippen molar-refractivity contribution in [3.63, 3.8) is 0 Å². The Kier molecular flexibility index (Phi) is 4.57. The maximum atomic E-state index is 9.47. The molecule has 11 aromatic rings. The Bertz CT molecular complexity index is 3560. The molecule has 0 unspecified atom stereocenters. The summed E-state index contributed by atoms with van der Waals surface area (Å²) in [5, 5.41) is 8.68. The van der Waals surface area contributed by atoms with Gasteiger partial charge in [-0.25, -0.2) is 0 Å². The molecule has 0 atom stereocenters. The smallest absolute Gasteiger partial charge is 0.136 e. The Hall–Kier alpha value is -6.70. The molecule has 0 spiro atoms. The fraction of sp³-hybridized carbons (Fsp3) is 0. The highest BCUT2D eigenvalue weighted by molar-refractivity contribution is 6.26. The number of fused-ring (bicyclic) bond motifs is 9. The van der Waals surface area contributed by atoms with Crippen LogP contribution in [0.1, 0.15) is 11.0 Å². The topological polar surface area (TPSA) is 13.1 Å². The van der Waals surface area contributed by atoms with Crippen LogP contribution in [0.25, 0.3) is 109 Å². The van der Waals surface area contributed by atoms with Crippen LogP contribution in [0, 0.1) is 0 Å². The van der Waals surface area contributed by atoms with E-state index in [-0.39, 0.29) is 45.7 Å². The average Bonchev–Trinajstić information content (AvgIpc) is 3.64. The van der Waals surface area contributed by atoms with Gasteiger partial charge in [-0.1, -0.05) is 158 Å². The van der Waals surface area contributed by atoms with Crippen LogP contribution in [-0.2, 0) is 0 Å². The Morgan fingerprint density at radius 3 is 1.69 bits per heavy atom. The lowest BCUT2D eigenvalue weighted by atomic mass is 9.84. The molecular weight excluding hydrogens is 617 g/mol. The molecule has 0 aliphatic heterocycles. The fourth-order valence-electron chi connectivity index (χ4n) is 7.93. The predicted molar refractivity (Wildman–Crippen MR) is 218 cm³/mol. The number of benzene rings is 10. The number of hydrogen-bond donors (Lipinski definition) is 0. The molecule has 0 saturated heterocycles. The van der Waals surface area contributed by atoms with E-state index in [1.807, 2.05) is 84.9 Å². The van der Waals surface area contributed by atoms with Gasteiger partial charge in [0.25, 0.3) is 0 Å². The van der Waals surface area contributed by atoms with Crippen LogP contribution in [0.2, 0.25) is 0 Å². The molecule has 0 aliphatic carbocycles. The average molecular weight is 655 g/mol. The maximum absolute atomic E-state index is 9.47. The molecule has 11 rings (SSSR count). The quantitative estimate of drug-likeness (QED) is 0.136. The molecule has 1 aromatic heterocycles. The first-order valence-electron chi connectivity index (χ1n) is 20.9. The van der Waals surface area contributed by atoms with Crippen molar-refractivity contribution >= 4 is 75.8 Å². The number of hydrogen-bond acceptors (Lipinski definition) is 1. The fourth-order valence-corrected chi connectivity index (χ4v) is 7.93. The van der Waals surface area contributed by atoms with Gasteiger partial charge in [0.2, 0.25) is 0 Å². The highest BCUT2D eigenvalue weighted by Crippen LogP contribution is 2.47. The van der Waals surface area contributed by atoms with Gasteiger partial charge in [0.15, 0.2) is 0 Å². The standard InChI is InChI=1S/C50H30O/c1-2-12-35-30-47-45(29-34(35)11-1)50-44(18-9-19-46(50)51-47)49-42-16-7-5-14-40(42)48(41-15-6-8-17-43(41)49)33-23-20-31(21-24-33)36-26-27-39-37(28-36)25-22-32-10-3-4-13-38(32)39/h1-30H/i5D,6D,7D,8D,14D,15D,16D,17D. The van der Waals surface area contributed by atoms with Crippen LogP contribution in [-0.4, -0.2) is 0 Å². The predicted octanol–water partition coefficient (Wildman–Crippen LogP) is 14.4. The summed E-state index contributed by atoms with van der Waals surface area (Å²) in [6.07, 6.45) is 0. The molecular formula is C50H30O. The number of rotatable bonds is 3. The summed E-state index contributed by atoms with van der Waals surface area (Å²) in [7, 11) is 0. The third-order valence-corrected chi connectivity index (χ3v) is 10.3. The molecule has 1 nitrogen and oxygen atoms in total. The summed E-state index contributed by atoms with van der Waals surface area (Å²) in [6, 6.07) is 41.0. The largest absolute Gasteiger partial charge is 0.456 e. The van der Waals surface area contributed by atoms with Gasteiger partial charge in [-0.05, 0) is 112 Å². The Morgan fingerprint density at radius 2 is 0.941 bits per heavy atom. The van der Waals surface area contributed by atoms with Crippen LogP contribution in [0.15, 0.2) is 186 Å². The third-order valence-electron chi connectivity index (χ3n) is 10.3. The van der Waals surface area contributed by atoms with E-state index < -0.39 is 24.2 Å². The minimum atomic E-state index is -0.440. The highest BCUT2D eigenvalue weighted by atomic mass is 16.3. The summed E-state index contributed by atoms with van der Waals surface area (Å²) in [5.41, 5.74) is 4.76. The van der Waals surface area contributed by atoms with Gasteiger partial charge in [-0.2, -0.15) is 0 Å². The van der Waals surface area contributed by atoms with E-state index in [9.17, 15) is 5.48 Å². The monoisotopic (exact) mass is 654 g/mol. The van der Waals surface area contributed by atoms with E-state index in [4.69, 9.17) is 9.90 Å². The lowest BCUT2D eigenvalue weighted by Gasteiger charge is -2.18. The molecule has 0 bridgehead atoms. The van der Waals surface area contributed by atoms with Crippen LogP contribution in [0.5, 0.6) is 0 Å². The van der Waals surface area contributed by atoms with Crippen molar-refractivity contribution in [1.29, 1.82) is 0 Å². The number of furan rings is 1. The Morgan fingerprint density at radius 1 is 0.353 bits per heavy atom. The third kappa shape index (κ3) is 4.28. The molecule has 236 valence electrons. The van der Waals surface area contributed by atoms with Crippen molar-refractivity contribution in [2.75, 3.05) is 0 Å². The summed E-state index contributed by atoms with van der Waals surface area (Å²) >= 11 is 0. The molecule has 0 N–H and O–H groups in total. The van der Waals surface area contributed by atoms with E-state index in [0.717, 1.165) is 38.1 Å². The first-order valence-corrected chi connectivity index (χ1v) is 16.9. The van der Waals surface area contributed by atoms with Crippen LogP contribution < -0.4 is 0 Å². The van der Waals surface area contributed by atoms with Crippen LogP contribution in [0.3, 0.4) is 0 Å². The summed E-state index contributed by atoms with van der Waals surface area (Å²) < 4.78 is 79.8. The summed E-state index contributed by atoms with van der Waals surface area (Å²) in [5.74, 6) is 0. The van der Waals surface area contributed by atoms with E-state index >= 15 is 0 Å². The zero-order valence-electron chi connectivity index (χ0n) is 35.1. The highest BCUT2D eigenvalue weighted by Gasteiger charge is 2.20. The van der Waals surface area contributed by atoms with Crippen molar-refractivity contribution in [2.24, 2.45) is 0 Å². The normalized spacial score (nSPS) is 14.1. The summed E-state index contributed by atoms with van der Waals surface area (Å²) in [6.45, 7) is 0. The first-order chi connectivity index (χ1) is 28.6. The van der Waals surface area contributed by atoms with Gasteiger partial charge < -0.3 is 4.42 Å². The van der Waals surface area contributed by atoms with Crippen molar-refractivity contribution in [3.05, 3.63) is 182 Å². The Balaban J connectivity index is 1.24. The van der Waals surface area contributed by atoms with Gasteiger partial charge in [0.05, 0.1) is 11.0 Å². The SMILES string of the molecule is [2H]c1c([2H])c([2H])c2c(-c3cccc4oc5cc6ccccc6cc5c34)c3c([2H])c([2H])c([2H])c([2H])c3c(-c3ccc(-c4ccc5c(ccc6ccccc65)c4)cc3)c2c1[2H]. The second-order valence-electron chi connectivity index (χ2n) is 13.0. The van der Waals surface area contributed by atoms with Crippen LogP contribution >= 0.6 is 0 Å². The van der Waals surface area contributed by atoms with Gasteiger partial charge in [-0.3, -0.25) is 0 Å². The minimum absolute atomic E-state index is 0.164. The minimum Gasteiger partial charge on any atom is -0.456 e. The molecule has 0 fully saturated rings. The molecule has 1 heteroatoms. The van der Waals surface area contributed by atoms with Crippen molar-refractivity contribution in [2.45, 2.75) is 0 Å². The summed E-state index contributed by atoms with van der Waals surface area (Å²) in [4.78, 5) is 0. The zero-order valence-corrected chi connectivity index (χ0v) is 27.1. The second kappa shape index (κ2) is 10.9. The molecule has 1 heterocycles. The van der Waals surface area contributed by atoms with Crippen molar-refractivity contribution < 1.29 is 15.4 Å². The molecule has 10 aromatic carbocycles. The van der Waals surface area contributed by atoms with E-state index in [1.54, 1.807) is 6.07 Å². The maximum Gasteiger partial charge on any atom is 0.136 e. The van der Waals surface area contributed by atoms with E-state index in [1.165, 1.54) is 10.8 Å².